The normalized spacial score (nSPS) is 22.1. The van der Waals surface area contributed by atoms with E-state index in [9.17, 15) is 0 Å². The van der Waals surface area contributed by atoms with Crippen LogP contribution in [0.25, 0.3) is 0 Å². The van der Waals surface area contributed by atoms with Gasteiger partial charge in [-0.2, -0.15) is 0 Å². The Morgan fingerprint density at radius 2 is 2.12 bits per heavy atom. The van der Waals surface area contributed by atoms with Crippen LogP contribution in [-0.4, -0.2) is 6.54 Å². The lowest BCUT2D eigenvalue weighted by molar-refractivity contribution is 0.520. The lowest BCUT2D eigenvalue weighted by Crippen LogP contribution is -2.18. The maximum Gasteiger partial charge on any atom is 0.0359 e. The van der Waals surface area contributed by atoms with Gasteiger partial charge in [-0.05, 0) is 42.9 Å². The topological polar surface area (TPSA) is 38.0 Å². The van der Waals surface area contributed by atoms with Crippen LogP contribution in [0, 0.1) is 18.3 Å². The number of benzene rings is 1. The molecule has 1 fully saturated rings. The summed E-state index contributed by atoms with van der Waals surface area (Å²) >= 11 is 0. The van der Waals surface area contributed by atoms with Gasteiger partial charge in [-0.15, -0.1) is 0 Å². The molecule has 2 nitrogen and oxygen atoms in total. The Morgan fingerprint density at radius 3 is 2.75 bits per heavy atom. The van der Waals surface area contributed by atoms with Crippen LogP contribution in [0.3, 0.4) is 0 Å². The Morgan fingerprint density at radius 1 is 1.44 bits per heavy atom. The van der Waals surface area contributed by atoms with E-state index >= 15 is 0 Å². The molecule has 2 rings (SSSR count). The zero-order valence-electron chi connectivity index (χ0n) is 10.5. The van der Waals surface area contributed by atoms with Gasteiger partial charge in [0, 0.05) is 12.2 Å². The van der Waals surface area contributed by atoms with Crippen molar-refractivity contribution in [2.24, 2.45) is 11.3 Å². The molecular formula is C14H22N2. The van der Waals surface area contributed by atoms with Gasteiger partial charge in [0.1, 0.15) is 0 Å². The van der Waals surface area contributed by atoms with E-state index in [-0.39, 0.29) is 0 Å². The van der Waals surface area contributed by atoms with Crippen molar-refractivity contribution in [2.75, 3.05) is 12.3 Å². The summed E-state index contributed by atoms with van der Waals surface area (Å²) in [7, 11) is 0. The molecule has 2 heteroatoms. The fourth-order valence-corrected chi connectivity index (χ4v) is 2.19. The molecule has 1 saturated carbocycles. The molecule has 16 heavy (non-hydrogen) atoms. The SMILES string of the molecule is Cc1ccc(N)c(CNCC2CC2(C)C)c1. The monoisotopic (exact) mass is 218 g/mol. The highest BCUT2D eigenvalue weighted by Gasteiger charge is 2.44. The fourth-order valence-electron chi connectivity index (χ4n) is 2.19. The molecule has 1 aromatic rings. The summed E-state index contributed by atoms with van der Waals surface area (Å²) in [5.41, 5.74) is 9.89. The maximum absolute atomic E-state index is 5.94. The third-order valence-corrected chi connectivity index (χ3v) is 3.72. The average Bonchev–Trinajstić information content (AvgIpc) is 2.80. The van der Waals surface area contributed by atoms with Crippen molar-refractivity contribution in [2.45, 2.75) is 33.7 Å². The van der Waals surface area contributed by atoms with Crippen LogP contribution in [0.1, 0.15) is 31.4 Å². The molecule has 0 bridgehead atoms. The Labute approximate surface area is 98.2 Å². The van der Waals surface area contributed by atoms with E-state index in [2.05, 4.69) is 38.2 Å². The quantitative estimate of drug-likeness (QED) is 0.763. The number of rotatable bonds is 4. The van der Waals surface area contributed by atoms with Gasteiger partial charge < -0.3 is 11.1 Å². The summed E-state index contributed by atoms with van der Waals surface area (Å²) < 4.78 is 0. The van der Waals surface area contributed by atoms with Crippen LogP contribution in [0.5, 0.6) is 0 Å². The molecule has 1 atom stereocenters. The first-order chi connectivity index (χ1) is 7.49. The van der Waals surface area contributed by atoms with E-state index in [4.69, 9.17) is 5.73 Å². The second-order valence-corrected chi connectivity index (χ2v) is 5.72. The molecule has 3 N–H and O–H groups in total. The van der Waals surface area contributed by atoms with Gasteiger partial charge >= 0.3 is 0 Å². The van der Waals surface area contributed by atoms with Crippen LogP contribution in [-0.2, 0) is 6.54 Å². The van der Waals surface area contributed by atoms with Crippen molar-refractivity contribution < 1.29 is 0 Å². The molecule has 0 aromatic heterocycles. The van der Waals surface area contributed by atoms with E-state index in [1.165, 1.54) is 17.5 Å². The summed E-state index contributed by atoms with van der Waals surface area (Å²) in [6, 6.07) is 6.22. The van der Waals surface area contributed by atoms with E-state index in [0.29, 0.717) is 5.41 Å². The van der Waals surface area contributed by atoms with Crippen molar-refractivity contribution >= 4 is 5.69 Å². The lowest BCUT2D eigenvalue weighted by atomic mass is 10.1. The van der Waals surface area contributed by atoms with Crippen molar-refractivity contribution in [3.8, 4) is 0 Å². The fraction of sp³-hybridized carbons (Fsp3) is 0.571. The first kappa shape index (κ1) is 11.5. The molecule has 0 spiro atoms. The van der Waals surface area contributed by atoms with Crippen LogP contribution in [0.4, 0.5) is 5.69 Å². The van der Waals surface area contributed by atoms with Gasteiger partial charge in [0.15, 0.2) is 0 Å². The molecule has 0 amide bonds. The Kier molecular flexibility index (Phi) is 2.94. The predicted molar refractivity (Wildman–Crippen MR) is 69.2 cm³/mol. The third kappa shape index (κ3) is 2.56. The number of aryl methyl sites for hydroxylation is 1. The van der Waals surface area contributed by atoms with Crippen molar-refractivity contribution in [3.05, 3.63) is 29.3 Å². The van der Waals surface area contributed by atoms with E-state index in [1.54, 1.807) is 0 Å². The van der Waals surface area contributed by atoms with Crippen LogP contribution in [0.2, 0.25) is 0 Å². The van der Waals surface area contributed by atoms with Crippen molar-refractivity contribution in [1.29, 1.82) is 0 Å². The Bertz CT molecular complexity index is 382. The summed E-state index contributed by atoms with van der Waals surface area (Å²) in [6.07, 6.45) is 1.35. The van der Waals surface area contributed by atoms with Crippen molar-refractivity contribution in [1.82, 2.24) is 5.32 Å². The molecule has 0 radical (unpaired) electrons. The summed E-state index contributed by atoms with van der Waals surface area (Å²) in [6.45, 7) is 8.77. The first-order valence-corrected chi connectivity index (χ1v) is 6.05. The molecule has 1 unspecified atom stereocenters. The molecule has 88 valence electrons. The number of nitrogens with one attached hydrogen (secondary N) is 1. The second kappa shape index (κ2) is 4.10. The smallest absolute Gasteiger partial charge is 0.0359 e. The molecule has 1 aliphatic rings. The number of nitrogens with two attached hydrogens (primary N) is 1. The molecule has 0 heterocycles. The molecule has 0 saturated heterocycles. The molecular weight excluding hydrogens is 196 g/mol. The number of hydrogen-bond acceptors (Lipinski definition) is 2. The number of hydrogen-bond donors (Lipinski definition) is 2. The molecule has 1 aliphatic carbocycles. The average molecular weight is 218 g/mol. The van der Waals surface area contributed by atoms with Gasteiger partial charge in [0.2, 0.25) is 0 Å². The van der Waals surface area contributed by atoms with E-state index in [1.807, 2.05) is 6.07 Å². The van der Waals surface area contributed by atoms with Crippen LogP contribution >= 0.6 is 0 Å². The zero-order chi connectivity index (χ0) is 11.8. The lowest BCUT2D eigenvalue weighted by Gasteiger charge is -2.09. The van der Waals surface area contributed by atoms with Gasteiger partial charge in [0.05, 0.1) is 0 Å². The highest BCUT2D eigenvalue weighted by Crippen LogP contribution is 2.50. The third-order valence-electron chi connectivity index (χ3n) is 3.72. The second-order valence-electron chi connectivity index (χ2n) is 5.72. The largest absolute Gasteiger partial charge is 0.398 e. The van der Waals surface area contributed by atoms with Crippen molar-refractivity contribution in [3.63, 3.8) is 0 Å². The minimum atomic E-state index is 0.561. The zero-order valence-corrected chi connectivity index (χ0v) is 10.5. The summed E-state index contributed by atoms with van der Waals surface area (Å²) in [5.74, 6) is 0.846. The highest BCUT2D eigenvalue weighted by atomic mass is 14.9. The Hall–Kier alpha value is -1.02. The van der Waals surface area contributed by atoms with Crippen LogP contribution < -0.4 is 11.1 Å². The minimum absolute atomic E-state index is 0.561. The van der Waals surface area contributed by atoms with Gasteiger partial charge in [-0.1, -0.05) is 31.5 Å². The summed E-state index contributed by atoms with van der Waals surface area (Å²) in [4.78, 5) is 0. The standard InChI is InChI=1S/C14H22N2/c1-10-4-5-13(15)11(6-10)8-16-9-12-7-14(12,2)3/h4-6,12,16H,7-9,15H2,1-3H3. The van der Waals surface area contributed by atoms with E-state index in [0.717, 1.165) is 24.7 Å². The van der Waals surface area contributed by atoms with Gasteiger partial charge in [0.25, 0.3) is 0 Å². The maximum atomic E-state index is 5.94. The van der Waals surface area contributed by atoms with Gasteiger partial charge in [-0.3, -0.25) is 0 Å². The number of nitrogen functional groups attached to an aromatic ring is 1. The summed E-state index contributed by atoms with van der Waals surface area (Å²) in [5, 5.41) is 3.51. The van der Waals surface area contributed by atoms with Crippen LogP contribution in [0.15, 0.2) is 18.2 Å². The first-order valence-electron chi connectivity index (χ1n) is 6.05. The Balaban J connectivity index is 1.83. The molecule has 1 aromatic carbocycles. The predicted octanol–water partition coefficient (Wildman–Crippen LogP) is 2.71. The highest BCUT2D eigenvalue weighted by molar-refractivity contribution is 5.48. The van der Waals surface area contributed by atoms with Gasteiger partial charge in [-0.25, -0.2) is 0 Å². The number of anilines is 1. The molecule has 0 aliphatic heterocycles. The van der Waals surface area contributed by atoms with E-state index < -0.39 is 0 Å². The minimum Gasteiger partial charge on any atom is -0.398 e.